The van der Waals surface area contributed by atoms with Gasteiger partial charge in [0.25, 0.3) is 0 Å². The predicted molar refractivity (Wildman–Crippen MR) is 107 cm³/mol. The normalized spacial score (nSPS) is 23.9. The van der Waals surface area contributed by atoms with Gasteiger partial charge in [0.05, 0.1) is 12.6 Å². The summed E-state index contributed by atoms with van der Waals surface area (Å²) in [6.07, 6.45) is 2.44. The van der Waals surface area contributed by atoms with E-state index in [1.807, 2.05) is 23.1 Å². The minimum Gasteiger partial charge on any atom is -0.461 e. The maximum Gasteiger partial charge on any atom is 0.411 e. The first-order valence-electron chi connectivity index (χ1n) is 10.6. The van der Waals surface area contributed by atoms with E-state index in [4.69, 9.17) is 13.9 Å². The van der Waals surface area contributed by atoms with Crippen molar-refractivity contribution in [2.45, 2.75) is 57.5 Å². The molecule has 2 atom stereocenters. The van der Waals surface area contributed by atoms with Crippen LogP contribution in [0.3, 0.4) is 0 Å². The molecule has 2 aromatic rings. The van der Waals surface area contributed by atoms with Crippen molar-refractivity contribution < 1.29 is 23.5 Å². The average molecular weight is 410 g/mol. The zero-order valence-electron chi connectivity index (χ0n) is 17.1. The molecule has 5 rings (SSSR count). The summed E-state index contributed by atoms with van der Waals surface area (Å²) in [5.41, 5.74) is 2.54. The lowest BCUT2D eigenvalue weighted by Crippen LogP contribution is -2.46. The van der Waals surface area contributed by atoms with Crippen LogP contribution in [0.15, 0.2) is 40.8 Å². The van der Waals surface area contributed by atoms with E-state index in [2.05, 4.69) is 23.1 Å². The van der Waals surface area contributed by atoms with Crippen LogP contribution in [-0.2, 0) is 33.8 Å². The van der Waals surface area contributed by atoms with Crippen LogP contribution in [0.25, 0.3) is 0 Å². The van der Waals surface area contributed by atoms with E-state index in [1.54, 1.807) is 0 Å². The van der Waals surface area contributed by atoms with Gasteiger partial charge in [0.2, 0.25) is 0 Å². The molecule has 1 aliphatic carbocycles. The third-order valence-electron chi connectivity index (χ3n) is 6.37. The van der Waals surface area contributed by atoms with Crippen LogP contribution in [0, 0.1) is 0 Å². The van der Waals surface area contributed by atoms with E-state index >= 15 is 0 Å². The van der Waals surface area contributed by atoms with Gasteiger partial charge in [0.15, 0.2) is 0 Å². The van der Waals surface area contributed by atoms with Crippen molar-refractivity contribution in [1.29, 1.82) is 0 Å². The SMILES string of the molecule is CC(=O)OCc1ccc(CN2CCC(N3C(=O)OC4Cc5ccccc5C43)CC2)o1. The summed E-state index contributed by atoms with van der Waals surface area (Å²) in [4.78, 5) is 27.9. The Balaban J connectivity index is 1.19. The summed E-state index contributed by atoms with van der Waals surface area (Å²) in [6.45, 7) is 4.06. The first kappa shape index (κ1) is 19.2. The Morgan fingerprint density at radius 1 is 1.13 bits per heavy atom. The lowest BCUT2D eigenvalue weighted by Gasteiger charge is -2.37. The van der Waals surface area contributed by atoms with E-state index in [-0.39, 0.29) is 36.9 Å². The number of hydrogen-bond donors (Lipinski definition) is 0. The molecule has 0 radical (unpaired) electrons. The zero-order valence-corrected chi connectivity index (χ0v) is 17.1. The molecule has 2 aliphatic heterocycles. The van der Waals surface area contributed by atoms with Gasteiger partial charge in [-0.25, -0.2) is 4.79 Å². The number of rotatable bonds is 5. The van der Waals surface area contributed by atoms with Gasteiger partial charge in [-0.2, -0.15) is 0 Å². The van der Waals surface area contributed by atoms with Crippen LogP contribution in [0.4, 0.5) is 4.79 Å². The molecule has 158 valence electrons. The number of ether oxygens (including phenoxy) is 2. The molecule has 3 heterocycles. The van der Waals surface area contributed by atoms with Crippen molar-refractivity contribution in [3.63, 3.8) is 0 Å². The monoisotopic (exact) mass is 410 g/mol. The van der Waals surface area contributed by atoms with Crippen LogP contribution < -0.4 is 0 Å². The summed E-state index contributed by atoms with van der Waals surface area (Å²) in [5, 5.41) is 0. The highest BCUT2D eigenvalue weighted by molar-refractivity contribution is 5.73. The van der Waals surface area contributed by atoms with Crippen LogP contribution in [0.5, 0.6) is 0 Å². The van der Waals surface area contributed by atoms with Crippen LogP contribution in [-0.4, -0.2) is 47.1 Å². The zero-order chi connectivity index (χ0) is 20.7. The number of nitrogens with zero attached hydrogens (tertiary/aromatic N) is 2. The highest BCUT2D eigenvalue weighted by Gasteiger charge is 2.50. The fraction of sp³-hybridized carbons (Fsp3) is 0.478. The summed E-state index contributed by atoms with van der Waals surface area (Å²) in [5.74, 6) is 1.20. The fourth-order valence-corrected chi connectivity index (χ4v) is 4.99. The van der Waals surface area contributed by atoms with E-state index in [1.165, 1.54) is 18.1 Å². The number of carbonyl (C=O) groups excluding carboxylic acids is 2. The third-order valence-corrected chi connectivity index (χ3v) is 6.37. The number of piperidine rings is 1. The van der Waals surface area contributed by atoms with E-state index < -0.39 is 0 Å². The Labute approximate surface area is 175 Å². The second-order valence-electron chi connectivity index (χ2n) is 8.33. The molecule has 7 nitrogen and oxygen atoms in total. The molecular formula is C23H26N2O5. The lowest BCUT2D eigenvalue weighted by atomic mass is 9.99. The Morgan fingerprint density at radius 2 is 1.90 bits per heavy atom. The van der Waals surface area contributed by atoms with Gasteiger partial charge in [0.1, 0.15) is 24.2 Å². The van der Waals surface area contributed by atoms with Crippen molar-refractivity contribution >= 4 is 12.1 Å². The maximum absolute atomic E-state index is 12.6. The molecule has 30 heavy (non-hydrogen) atoms. The Morgan fingerprint density at radius 3 is 2.70 bits per heavy atom. The van der Waals surface area contributed by atoms with Crippen LogP contribution >= 0.6 is 0 Å². The second kappa shape index (κ2) is 7.80. The largest absolute Gasteiger partial charge is 0.461 e. The number of furan rings is 1. The van der Waals surface area contributed by atoms with Crippen LogP contribution in [0.2, 0.25) is 0 Å². The molecule has 0 spiro atoms. The molecule has 0 N–H and O–H groups in total. The summed E-state index contributed by atoms with van der Waals surface area (Å²) < 4.78 is 16.5. The van der Waals surface area contributed by atoms with Crippen molar-refractivity contribution in [2.24, 2.45) is 0 Å². The lowest BCUT2D eigenvalue weighted by molar-refractivity contribution is -0.142. The maximum atomic E-state index is 12.6. The molecule has 2 unspecified atom stereocenters. The molecule has 2 saturated heterocycles. The van der Waals surface area contributed by atoms with Gasteiger partial charge >= 0.3 is 12.1 Å². The standard InChI is InChI=1S/C23H26N2O5/c1-15(26)28-14-19-7-6-18(29-19)13-24-10-8-17(9-11-24)25-22-20-5-3-2-4-16(20)12-21(22)30-23(25)27/h2-7,17,21-22H,8-14H2,1H3. The van der Waals surface area contributed by atoms with Gasteiger partial charge in [-0.3, -0.25) is 14.6 Å². The number of likely N-dealkylation sites (tertiary alicyclic amines) is 1. The summed E-state index contributed by atoms with van der Waals surface area (Å²) in [7, 11) is 0. The molecule has 1 amide bonds. The first-order chi connectivity index (χ1) is 14.6. The Bertz CT molecular complexity index is 947. The summed E-state index contributed by atoms with van der Waals surface area (Å²) >= 11 is 0. The molecular weight excluding hydrogens is 384 g/mol. The topological polar surface area (TPSA) is 72.2 Å². The second-order valence-corrected chi connectivity index (χ2v) is 8.33. The van der Waals surface area contributed by atoms with E-state index in [9.17, 15) is 9.59 Å². The molecule has 3 aliphatic rings. The summed E-state index contributed by atoms with van der Waals surface area (Å²) in [6, 6.07) is 12.4. The highest BCUT2D eigenvalue weighted by atomic mass is 16.6. The highest BCUT2D eigenvalue weighted by Crippen LogP contribution is 2.44. The smallest absolute Gasteiger partial charge is 0.411 e. The van der Waals surface area contributed by atoms with Gasteiger partial charge in [-0.1, -0.05) is 24.3 Å². The number of fused-ring (bicyclic) bond motifs is 3. The number of amides is 1. The van der Waals surface area contributed by atoms with Crippen LogP contribution in [0.1, 0.15) is 48.5 Å². The third kappa shape index (κ3) is 3.58. The predicted octanol–water partition coefficient (Wildman–Crippen LogP) is 3.43. The van der Waals surface area contributed by atoms with Crippen molar-refractivity contribution in [2.75, 3.05) is 13.1 Å². The molecule has 1 aromatic carbocycles. The Hall–Kier alpha value is -2.80. The van der Waals surface area contributed by atoms with E-state index in [0.717, 1.165) is 38.1 Å². The van der Waals surface area contributed by atoms with Crippen molar-refractivity contribution in [1.82, 2.24) is 9.80 Å². The van der Waals surface area contributed by atoms with E-state index in [0.29, 0.717) is 12.3 Å². The molecule has 0 bridgehead atoms. The number of benzene rings is 1. The van der Waals surface area contributed by atoms with Gasteiger partial charge < -0.3 is 13.9 Å². The number of esters is 1. The average Bonchev–Trinajstić information content (AvgIpc) is 3.40. The number of carbonyl (C=O) groups is 2. The molecule has 0 saturated carbocycles. The van der Waals surface area contributed by atoms with Gasteiger partial charge in [-0.05, 0) is 36.1 Å². The minimum absolute atomic E-state index is 0.0494. The minimum atomic E-state index is -0.317. The molecule has 2 fully saturated rings. The van der Waals surface area contributed by atoms with Gasteiger partial charge in [0, 0.05) is 32.5 Å². The van der Waals surface area contributed by atoms with Crippen molar-refractivity contribution in [3.8, 4) is 0 Å². The Kier molecular flexibility index (Phi) is 4.98. The van der Waals surface area contributed by atoms with Crippen molar-refractivity contribution in [3.05, 3.63) is 59.0 Å². The van der Waals surface area contributed by atoms with Gasteiger partial charge in [-0.15, -0.1) is 0 Å². The molecule has 1 aromatic heterocycles. The number of hydrogen-bond acceptors (Lipinski definition) is 6. The fourth-order valence-electron chi connectivity index (χ4n) is 4.99. The molecule has 7 heteroatoms. The quantitative estimate of drug-likeness (QED) is 0.704. The first-order valence-corrected chi connectivity index (χ1v) is 10.6.